The Morgan fingerprint density at radius 2 is 1.62 bits per heavy atom. The minimum atomic E-state index is -1.31. The molecule has 2 saturated carbocycles. The highest BCUT2D eigenvalue weighted by Crippen LogP contribution is 2.62. The molecule has 2 aliphatic heterocycles. The molecule has 2 unspecified atom stereocenters. The van der Waals surface area contributed by atoms with Crippen molar-refractivity contribution >= 4 is 96.8 Å². The van der Waals surface area contributed by atoms with Crippen LogP contribution in [0.1, 0.15) is 129 Å². The largest absolute Gasteiger partial charge is 0.479 e. The molecule has 6 N–H and O–H groups in total. The number of anilines is 2. The third-order valence-corrected chi connectivity index (χ3v) is 19.7. The van der Waals surface area contributed by atoms with Crippen LogP contribution < -0.4 is 20.7 Å². The number of aromatic nitrogens is 4. The number of carboxylic acids is 2. The summed E-state index contributed by atoms with van der Waals surface area (Å²) in [5.41, 5.74) is 4.54. The Morgan fingerprint density at radius 1 is 0.837 bits per heavy atom. The molecule has 5 heterocycles. The van der Waals surface area contributed by atoms with E-state index in [0.29, 0.717) is 76.4 Å². The molecule has 4 aliphatic rings. The number of imide groups is 1. The molecule has 11 rings (SSSR count). The zero-order chi connectivity index (χ0) is 69.3. The van der Waals surface area contributed by atoms with E-state index < -0.39 is 42.4 Å². The highest BCUT2D eigenvalue weighted by atomic mass is 32.1. The highest BCUT2D eigenvalue weighted by molar-refractivity contribution is 7.22. The van der Waals surface area contributed by atoms with Gasteiger partial charge >= 0.3 is 18.0 Å². The second-order valence-electron chi connectivity index (χ2n) is 26.9. The van der Waals surface area contributed by atoms with Crippen LogP contribution in [-0.2, 0) is 44.7 Å². The SMILES string of the molecule is Cc1c(-c2ccc(-c3ccc4cccc(C(=O)Nc5nc6ccccc6s5)c4c3)nc2C(=O)O)cnn1CC1(COCCN(C)C(=O)OC/C=C/c2ccc(O[C@H]3C[C@@H](O)C[C@@H](C(=O)O)O3)c(NC(=O)CCNC(=O)CCCCCN3C(=O)C=CC3=O)c2)CC2(C)CCCC(C)(C2)C1. The molecule has 0 radical (unpaired) electrons. The number of aliphatic hydroxyl groups excluding tert-OH is 1. The van der Waals surface area contributed by atoms with Crippen LogP contribution >= 0.6 is 11.3 Å². The molecule has 514 valence electrons. The quantitative estimate of drug-likeness (QED) is 0.0196. The number of ether oxygens (including phenoxy) is 4. The first-order chi connectivity index (χ1) is 47.0. The van der Waals surface area contributed by atoms with Crippen LogP contribution in [0.15, 0.2) is 115 Å². The van der Waals surface area contributed by atoms with Crippen molar-refractivity contribution in [1.29, 1.82) is 0 Å². The third-order valence-electron chi connectivity index (χ3n) is 18.8. The number of benzene rings is 4. The number of aliphatic hydroxyl groups is 1. The lowest BCUT2D eigenvalue weighted by atomic mass is 9.49. The predicted octanol–water partition coefficient (Wildman–Crippen LogP) is 11.1. The first-order valence-electron chi connectivity index (χ1n) is 33.1. The number of hydrogen-bond donors (Lipinski definition) is 6. The lowest BCUT2D eigenvalue weighted by molar-refractivity contribution is -0.195. The molecule has 0 spiro atoms. The maximum Gasteiger partial charge on any atom is 0.409 e. The van der Waals surface area contributed by atoms with Gasteiger partial charge in [-0.3, -0.25) is 38.9 Å². The van der Waals surface area contributed by atoms with Gasteiger partial charge in [0.05, 0.1) is 47.1 Å². The average molecular weight is 1360 g/mol. The van der Waals surface area contributed by atoms with Crippen LogP contribution in [0.25, 0.3) is 49.4 Å². The normalized spacial score (nSPS) is 21.4. The van der Waals surface area contributed by atoms with Crippen LogP contribution in [0.5, 0.6) is 5.75 Å². The summed E-state index contributed by atoms with van der Waals surface area (Å²) in [4.78, 5) is 113. The van der Waals surface area contributed by atoms with Gasteiger partial charge in [0.2, 0.25) is 18.1 Å². The number of pyridine rings is 1. The first-order valence-corrected chi connectivity index (χ1v) is 33.9. The zero-order valence-corrected chi connectivity index (χ0v) is 56.1. The number of fused-ring (bicyclic) bond motifs is 4. The Hall–Kier alpha value is -9.69. The molecule has 98 heavy (non-hydrogen) atoms. The number of para-hydroxylation sites is 1. The average Bonchev–Trinajstić information content (AvgIpc) is 1.27. The highest BCUT2D eigenvalue weighted by Gasteiger charge is 2.53. The van der Waals surface area contributed by atoms with Crippen LogP contribution in [0.4, 0.5) is 15.6 Å². The number of likely N-dealkylation sites (N-methyl/N-ethyl adjacent to an activating group) is 1. The third kappa shape index (κ3) is 17.0. The van der Waals surface area contributed by atoms with Crippen LogP contribution in [0, 0.1) is 23.2 Å². The van der Waals surface area contributed by atoms with E-state index in [1.807, 2.05) is 66.2 Å². The van der Waals surface area contributed by atoms with Crippen molar-refractivity contribution in [3.63, 3.8) is 0 Å². The summed E-state index contributed by atoms with van der Waals surface area (Å²) < 4.78 is 26.7. The summed E-state index contributed by atoms with van der Waals surface area (Å²) in [5, 5.41) is 46.2. The Balaban J connectivity index is 0.699. The van der Waals surface area contributed by atoms with Crippen molar-refractivity contribution in [3.8, 4) is 28.1 Å². The molecule has 3 fully saturated rings. The Kier molecular flexibility index (Phi) is 21.6. The van der Waals surface area contributed by atoms with E-state index in [9.17, 15) is 53.7 Å². The van der Waals surface area contributed by atoms with Crippen molar-refractivity contribution in [2.24, 2.45) is 16.2 Å². The zero-order valence-electron chi connectivity index (χ0n) is 55.3. The first kappa shape index (κ1) is 69.7. The molecular formula is C73H81N9O15S. The number of aliphatic carboxylic acids is 1. The molecule has 25 heteroatoms. The Morgan fingerprint density at radius 3 is 2.39 bits per heavy atom. The van der Waals surface area contributed by atoms with Gasteiger partial charge in [-0.05, 0) is 134 Å². The molecule has 24 nitrogen and oxygen atoms in total. The Labute approximate surface area is 570 Å². The van der Waals surface area contributed by atoms with E-state index in [1.54, 1.807) is 61.8 Å². The van der Waals surface area contributed by atoms with Gasteiger partial charge in [-0.2, -0.15) is 5.10 Å². The molecular weight excluding hydrogens is 1270 g/mol. The molecule has 3 aromatic heterocycles. The van der Waals surface area contributed by atoms with Crippen molar-refractivity contribution in [1.82, 2.24) is 34.9 Å². The number of carbonyl (C=O) groups is 8. The molecule has 5 atom stereocenters. The molecule has 1 saturated heterocycles. The van der Waals surface area contributed by atoms with Crippen molar-refractivity contribution < 1.29 is 72.6 Å². The van der Waals surface area contributed by atoms with E-state index >= 15 is 0 Å². The number of aromatic carboxylic acids is 1. The maximum atomic E-state index is 13.8. The summed E-state index contributed by atoms with van der Waals surface area (Å²) in [7, 11) is 1.63. The van der Waals surface area contributed by atoms with Crippen LogP contribution in [0.3, 0.4) is 0 Å². The van der Waals surface area contributed by atoms with E-state index in [4.69, 9.17) is 29.0 Å². The van der Waals surface area contributed by atoms with Crippen molar-refractivity contribution in [2.45, 2.75) is 129 Å². The maximum absolute atomic E-state index is 13.8. The summed E-state index contributed by atoms with van der Waals surface area (Å²) in [6, 6.07) is 27.2. The van der Waals surface area contributed by atoms with Gasteiger partial charge < -0.3 is 49.8 Å². The minimum Gasteiger partial charge on any atom is -0.479 e. The number of carbonyl (C=O) groups excluding carboxylic acids is 6. The fraction of sp³-hybridized carbons (Fsp3) is 0.411. The van der Waals surface area contributed by atoms with E-state index in [2.05, 4.69) is 34.8 Å². The number of thiazole rings is 1. The lowest BCUT2D eigenvalue weighted by Gasteiger charge is -2.57. The standard InChI is InChI=1S/C73H81N9O15S/c1-45-53(50-22-23-54(77-65(50)68(91)92)48-21-20-47-14-10-15-51(52(47)36-48)66(88)79-69-78-55-16-7-8-17-59(55)98-69)39-75-82(45)43-73(41-71(2)28-12-29-72(3,40-71)42-73)44-94-34-32-80(4)70(93)95-33-11-13-46-19-24-57(96-64-38-49(83)37-58(97-64)67(89)90)56(35-46)76-61(85)27-30-74-60(84)18-6-5-9-31-81-62(86)25-26-63(81)87/h7-8,10-11,13-17,19-26,35-36,39,49,58,64,83H,5-6,9,12,18,27-34,37-38,40-44H2,1-4H3,(H,74,84)(H,76,85)(H,89,90)(H,91,92)(H,78,79,88)/b13-11+/t49-,58-,64+,71?,72?,73?/m0/s1. The van der Waals surface area contributed by atoms with E-state index in [0.717, 1.165) is 64.7 Å². The molecule has 4 aromatic carbocycles. The van der Waals surface area contributed by atoms with Gasteiger partial charge in [0.1, 0.15) is 12.4 Å². The van der Waals surface area contributed by atoms with Gasteiger partial charge in [-0.25, -0.2) is 24.4 Å². The second kappa shape index (κ2) is 30.4. The topological polar surface area (TPSA) is 320 Å². The van der Waals surface area contributed by atoms with Gasteiger partial charge in [0, 0.05) is 104 Å². The molecule has 2 aliphatic carbocycles. The van der Waals surface area contributed by atoms with Crippen molar-refractivity contribution in [2.75, 3.05) is 57.1 Å². The van der Waals surface area contributed by atoms with E-state index in [1.165, 1.54) is 28.4 Å². The van der Waals surface area contributed by atoms with Crippen molar-refractivity contribution in [3.05, 3.63) is 138 Å². The van der Waals surface area contributed by atoms with Crippen LogP contribution in [-0.4, -0.2) is 157 Å². The fourth-order valence-electron chi connectivity index (χ4n) is 14.6. The van der Waals surface area contributed by atoms with Gasteiger partial charge in [0.15, 0.2) is 16.9 Å². The molecule has 6 amide bonds. The van der Waals surface area contributed by atoms with Crippen LogP contribution in [0.2, 0.25) is 0 Å². The number of unbranched alkanes of at least 4 members (excludes halogenated alkanes) is 2. The number of hydrogen-bond acceptors (Lipinski definition) is 17. The van der Waals surface area contributed by atoms with Gasteiger partial charge in [-0.15, -0.1) is 0 Å². The number of amides is 6. The van der Waals surface area contributed by atoms with Gasteiger partial charge in [0.25, 0.3) is 17.7 Å². The second-order valence-corrected chi connectivity index (χ2v) is 27.9. The summed E-state index contributed by atoms with van der Waals surface area (Å²) in [6.07, 6.45) is 11.2. The monoisotopic (exact) mass is 1360 g/mol. The summed E-state index contributed by atoms with van der Waals surface area (Å²) in [5.74, 6) is -4.09. The minimum absolute atomic E-state index is 0.0207. The summed E-state index contributed by atoms with van der Waals surface area (Å²) in [6.45, 7) is 8.22. The number of rotatable bonds is 28. The van der Waals surface area contributed by atoms with Gasteiger partial charge in [-0.1, -0.05) is 86.6 Å². The predicted molar refractivity (Wildman–Crippen MR) is 367 cm³/mol. The summed E-state index contributed by atoms with van der Waals surface area (Å²) >= 11 is 1.39. The smallest absolute Gasteiger partial charge is 0.409 e. The Bertz CT molecular complexity index is 4190. The van der Waals surface area contributed by atoms with E-state index in [-0.39, 0.29) is 116 Å². The fourth-order valence-corrected chi connectivity index (χ4v) is 15.4. The lowest BCUT2D eigenvalue weighted by Crippen LogP contribution is -2.50. The number of nitrogens with zero attached hydrogens (tertiary/aromatic N) is 6. The molecule has 7 aromatic rings. The number of carboxylic acid groups (broad SMARTS) is 2. The molecule has 2 bridgehead atoms. The number of nitrogens with one attached hydrogen (secondary N) is 3.